The van der Waals surface area contributed by atoms with Crippen molar-refractivity contribution < 1.29 is 4.74 Å². The first-order valence-corrected chi connectivity index (χ1v) is 7.75. The number of rotatable bonds is 8. The minimum absolute atomic E-state index is 0.562. The summed E-state index contributed by atoms with van der Waals surface area (Å²) in [5.74, 6) is 0. The first-order chi connectivity index (χ1) is 9.85. The molecule has 0 fully saturated rings. The van der Waals surface area contributed by atoms with Crippen molar-refractivity contribution in [3.63, 3.8) is 0 Å². The molecule has 0 aliphatic carbocycles. The van der Waals surface area contributed by atoms with Gasteiger partial charge in [-0.05, 0) is 25.1 Å². The molecule has 0 aliphatic rings. The summed E-state index contributed by atoms with van der Waals surface area (Å²) in [4.78, 5) is 10.0. The molecule has 0 unspecified atom stereocenters. The summed E-state index contributed by atoms with van der Waals surface area (Å²) in [5.41, 5.74) is 2.15. The zero-order valence-corrected chi connectivity index (χ0v) is 12.9. The van der Waals surface area contributed by atoms with Gasteiger partial charge in [-0.2, -0.15) is 0 Å². The van der Waals surface area contributed by atoms with E-state index in [2.05, 4.69) is 17.2 Å². The quantitative estimate of drug-likeness (QED) is 0.758. The molecule has 2 aromatic rings. The number of nitrogens with zero attached hydrogens (tertiary/aromatic N) is 2. The van der Waals surface area contributed by atoms with Crippen molar-refractivity contribution in [1.29, 1.82) is 0 Å². The summed E-state index contributed by atoms with van der Waals surface area (Å²) in [6.45, 7) is 4.67. The van der Waals surface area contributed by atoms with Gasteiger partial charge >= 0.3 is 0 Å². The van der Waals surface area contributed by atoms with E-state index >= 15 is 0 Å². The van der Waals surface area contributed by atoms with Gasteiger partial charge in [-0.25, -0.2) is 4.98 Å². The van der Waals surface area contributed by atoms with Crippen LogP contribution in [-0.4, -0.2) is 23.6 Å². The van der Waals surface area contributed by atoms with Gasteiger partial charge < -0.3 is 10.1 Å². The van der Waals surface area contributed by atoms with Gasteiger partial charge in [0, 0.05) is 36.5 Å². The lowest BCUT2D eigenvalue weighted by molar-refractivity contribution is 0.181. The fourth-order valence-electron chi connectivity index (χ4n) is 1.89. The zero-order valence-electron chi connectivity index (χ0n) is 12.1. The molecule has 2 heterocycles. The molecule has 0 amide bonds. The van der Waals surface area contributed by atoms with Crippen molar-refractivity contribution in [1.82, 2.24) is 15.3 Å². The third-order valence-corrected chi connectivity index (χ3v) is 4.13. The largest absolute Gasteiger partial charge is 0.378 e. The molecule has 5 heteroatoms. The Balaban J connectivity index is 2.11. The number of hydrogen-bond acceptors (Lipinski definition) is 5. The summed E-state index contributed by atoms with van der Waals surface area (Å²) >= 11 is 1.73. The molecular weight excluding hydrogens is 270 g/mol. The molecule has 0 spiro atoms. The Labute approximate surface area is 124 Å². The van der Waals surface area contributed by atoms with Gasteiger partial charge in [0.1, 0.15) is 5.01 Å². The predicted molar refractivity (Wildman–Crippen MR) is 82.7 cm³/mol. The lowest BCUT2D eigenvalue weighted by Gasteiger charge is -2.03. The molecule has 0 aliphatic heterocycles. The maximum absolute atomic E-state index is 5.25. The SMILES string of the molecule is CCCCNCc1sc(-c2ccncc2)nc1COC. The Morgan fingerprint density at radius 1 is 1.30 bits per heavy atom. The number of methoxy groups -OCH3 is 1. The second-order valence-electron chi connectivity index (χ2n) is 4.59. The van der Waals surface area contributed by atoms with E-state index in [1.54, 1.807) is 30.8 Å². The van der Waals surface area contributed by atoms with Crippen LogP contribution < -0.4 is 5.32 Å². The van der Waals surface area contributed by atoms with Crippen LogP contribution in [0.5, 0.6) is 0 Å². The summed E-state index contributed by atoms with van der Waals surface area (Å²) in [7, 11) is 1.71. The van der Waals surface area contributed by atoms with E-state index in [0.29, 0.717) is 6.61 Å². The number of thiazole rings is 1. The topological polar surface area (TPSA) is 47.0 Å². The monoisotopic (exact) mass is 291 g/mol. The van der Waals surface area contributed by atoms with Gasteiger partial charge in [-0.3, -0.25) is 4.98 Å². The molecule has 4 nitrogen and oxygen atoms in total. The average molecular weight is 291 g/mol. The molecule has 2 rings (SSSR count). The molecule has 0 saturated carbocycles. The highest BCUT2D eigenvalue weighted by Crippen LogP contribution is 2.28. The van der Waals surface area contributed by atoms with Crippen LogP contribution in [0, 0.1) is 0 Å². The number of pyridine rings is 1. The third kappa shape index (κ3) is 4.10. The average Bonchev–Trinajstić information content (AvgIpc) is 2.88. The summed E-state index contributed by atoms with van der Waals surface area (Å²) < 4.78 is 5.25. The van der Waals surface area contributed by atoms with Gasteiger partial charge in [-0.1, -0.05) is 13.3 Å². The van der Waals surface area contributed by atoms with E-state index < -0.39 is 0 Å². The van der Waals surface area contributed by atoms with E-state index in [4.69, 9.17) is 9.72 Å². The number of hydrogen-bond donors (Lipinski definition) is 1. The van der Waals surface area contributed by atoms with Crippen LogP contribution in [0.25, 0.3) is 10.6 Å². The van der Waals surface area contributed by atoms with Crippen molar-refractivity contribution in [3.05, 3.63) is 35.1 Å². The van der Waals surface area contributed by atoms with Crippen molar-refractivity contribution in [2.45, 2.75) is 32.9 Å². The molecular formula is C15H21N3OS. The van der Waals surface area contributed by atoms with Crippen LogP contribution in [-0.2, 0) is 17.9 Å². The van der Waals surface area contributed by atoms with Gasteiger partial charge in [0.15, 0.2) is 0 Å². The molecule has 2 aromatic heterocycles. The fraction of sp³-hybridized carbons (Fsp3) is 0.467. The van der Waals surface area contributed by atoms with Gasteiger partial charge in [0.2, 0.25) is 0 Å². The van der Waals surface area contributed by atoms with E-state index in [-0.39, 0.29) is 0 Å². The smallest absolute Gasteiger partial charge is 0.124 e. The van der Waals surface area contributed by atoms with Crippen LogP contribution in [0.15, 0.2) is 24.5 Å². The van der Waals surface area contributed by atoms with Crippen molar-refractivity contribution in [2.75, 3.05) is 13.7 Å². The van der Waals surface area contributed by atoms with Gasteiger partial charge in [0.05, 0.1) is 12.3 Å². The Kier molecular flexibility index (Phi) is 6.11. The van der Waals surface area contributed by atoms with Crippen LogP contribution in [0.1, 0.15) is 30.3 Å². The molecule has 0 radical (unpaired) electrons. The summed E-state index contributed by atoms with van der Waals surface area (Å²) in [6.07, 6.45) is 6.01. The molecule has 108 valence electrons. The molecule has 0 atom stereocenters. The van der Waals surface area contributed by atoms with Crippen LogP contribution in [0.3, 0.4) is 0 Å². The number of nitrogens with one attached hydrogen (secondary N) is 1. The van der Waals surface area contributed by atoms with E-state index in [1.807, 2.05) is 12.1 Å². The Morgan fingerprint density at radius 2 is 2.10 bits per heavy atom. The molecule has 0 bridgehead atoms. The van der Waals surface area contributed by atoms with Crippen LogP contribution in [0.2, 0.25) is 0 Å². The molecule has 20 heavy (non-hydrogen) atoms. The van der Waals surface area contributed by atoms with Gasteiger partial charge in [-0.15, -0.1) is 11.3 Å². The number of ether oxygens (including phenoxy) is 1. The molecule has 1 N–H and O–H groups in total. The Morgan fingerprint density at radius 3 is 2.80 bits per heavy atom. The Bertz CT molecular complexity index is 513. The highest BCUT2D eigenvalue weighted by atomic mass is 32.1. The molecule has 0 saturated heterocycles. The minimum Gasteiger partial charge on any atom is -0.378 e. The van der Waals surface area contributed by atoms with Crippen molar-refractivity contribution in [2.24, 2.45) is 0 Å². The van der Waals surface area contributed by atoms with E-state index in [0.717, 1.165) is 29.4 Å². The number of aromatic nitrogens is 2. The first kappa shape index (κ1) is 15.1. The highest BCUT2D eigenvalue weighted by Gasteiger charge is 2.12. The molecule has 0 aromatic carbocycles. The van der Waals surface area contributed by atoms with E-state index in [9.17, 15) is 0 Å². The predicted octanol–water partition coefficient (Wildman–Crippen LogP) is 3.24. The standard InChI is InChI=1S/C15H21N3OS/c1-3-4-7-17-10-14-13(11-19-2)18-15(20-14)12-5-8-16-9-6-12/h5-6,8-9,17H,3-4,7,10-11H2,1-2H3. The van der Waals surface area contributed by atoms with E-state index in [1.165, 1.54) is 17.7 Å². The second kappa shape index (κ2) is 8.09. The summed E-state index contributed by atoms with van der Waals surface area (Å²) in [6, 6.07) is 3.98. The fourth-order valence-corrected chi connectivity index (χ4v) is 2.93. The lowest BCUT2D eigenvalue weighted by atomic mass is 10.3. The second-order valence-corrected chi connectivity index (χ2v) is 5.67. The summed E-state index contributed by atoms with van der Waals surface area (Å²) in [5, 5.41) is 4.50. The first-order valence-electron chi connectivity index (χ1n) is 6.93. The Hall–Kier alpha value is -1.30. The maximum Gasteiger partial charge on any atom is 0.124 e. The maximum atomic E-state index is 5.25. The highest BCUT2D eigenvalue weighted by molar-refractivity contribution is 7.15. The third-order valence-electron chi connectivity index (χ3n) is 2.98. The van der Waals surface area contributed by atoms with Crippen LogP contribution >= 0.6 is 11.3 Å². The normalized spacial score (nSPS) is 10.9. The van der Waals surface area contributed by atoms with Crippen molar-refractivity contribution in [3.8, 4) is 10.6 Å². The number of unbranched alkanes of at least 4 members (excludes halogenated alkanes) is 1. The van der Waals surface area contributed by atoms with Crippen molar-refractivity contribution >= 4 is 11.3 Å². The van der Waals surface area contributed by atoms with Gasteiger partial charge in [0.25, 0.3) is 0 Å². The van der Waals surface area contributed by atoms with Crippen LogP contribution in [0.4, 0.5) is 0 Å². The minimum atomic E-state index is 0.562. The lowest BCUT2D eigenvalue weighted by Crippen LogP contribution is -2.14. The zero-order chi connectivity index (χ0) is 14.2.